The average Bonchev–Trinajstić information content (AvgIpc) is 2.62. The van der Waals surface area contributed by atoms with Crippen LogP contribution in [-0.4, -0.2) is 24.7 Å². The first-order valence-electron chi connectivity index (χ1n) is 9.18. The SMILES string of the molecule is COc1ccc2c(c1)OC(C)(C)C[C@@H]2NC(=O)[C@H](C)Oc1ccc(C)cc1. The summed E-state index contributed by atoms with van der Waals surface area (Å²) in [6.07, 6.45) is 0.0790. The summed E-state index contributed by atoms with van der Waals surface area (Å²) in [5.41, 5.74) is 1.71. The number of benzene rings is 2. The predicted octanol–water partition coefficient (Wildman–Crippen LogP) is 4.19. The molecule has 0 aromatic heterocycles. The van der Waals surface area contributed by atoms with Gasteiger partial charge in [-0.25, -0.2) is 0 Å². The van der Waals surface area contributed by atoms with Crippen molar-refractivity contribution in [2.75, 3.05) is 7.11 Å². The van der Waals surface area contributed by atoms with Crippen LogP contribution in [0.5, 0.6) is 17.2 Å². The fourth-order valence-electron chi connectivity index (χ4n) is 3.25. The zero-order valence-corrected chi connectivity index (χ0v) is 16.5. The number of ether oxygens (including phenoxy) is 3. The largest absolute Gasteiger partial charge is 0.497 e. The van der Waals surface area contributed by atoms with E-state index in [0.29, 0.717) is 12.2 Å². The number of carbonyl (C=O) groups is 1. The number of carbonyl (C=O) groups excluding carboxylic acids is 1. The third-order valence-corrected chi connectivity index (χ3v) is 4.70. The lowest BCUT2D eigenvalue weighted by molar-refractivity contribution is -0.128. The molecule has 1 heterocycles. The molecular formula is C22H27NO4. The van der Waals surface area contributed by atoms with E-state index in [1.165, 1.54) is 0 Å². The van der Waals surface area contributed by atoms with Crippen molar-refractivity contribution < 1.29 is 19.0 Å². The second-order valence-electron chi connectivity index (χ2n) is 7.60. The molecule has 5 nitrogen and oxygen atoms in total. The Morgan fingerprint density at radius 1 is 1.19 bits per heavy atom. The Balaban J connectivity index is 1.74. The molecule has 0 fully saturated rings. The summed E-state index contributed by atoms with van der Waals surface area (Å²) in [6.45, 7) is 7.80. The molecule has 5 heteroatoms. The van der Waals surface area contributed by atoms with Crippen LogP contribution in [0, 0.1) is 6.92 Å². The molecule has 0 radical (unpaired) electrons. The van der Waals surface area contributed by atoms with Crippen molar-refractivity contribution in [3.8, 4) is 17.2 Å². The quantitative estimate of drug-likeness (QED) is 0.859. The van der Waals surface area contributed by atoms with E-state index >= 15 is 0 Å². The molecule has 0 saturated carbocycles. The number of rotatable bonds is 5. The van der Waals surface area contributed by atoms with Crippen LogP contribution in [0.2, 0.25) is 0 Å². The Bertz CT molecular complexity index is 814. The lowest BCUT2D eigenvalue weighted by Gasteiger charge is -2.38. The number of amides is 1. The van der Waals surface area contributed by atoms with Gasteiger partial charge in [0.05, 0.1) is 13.2 Å². The summed E-state index contributed by atoms with van der Waals surface area (Å²) in [6, 6.07) is 13.2. The number of hydrogen-bond acceptors (Lipinski definition) is 4. The first-order valence-corrected chi connectivity index (χ1v) is 9.18. The molecule has 1 amide bonds. The van der Waals surface area contributed by atoms with Gasteiger partial charge in [0.25, 0.3) is 5.91 Å². The monoisotopic (exact) mass is 369 g/mol. The molecule has 0 saturated heterocycles. The standard InChI is InChI=1S/C22H27NO4/c1-14-6-8-16(9-7-14)26-15(2)21(24)23-19-13-22(3,4)27-20-12-17(25-5)10-11-18(19)20/h6-12,15,19H,13H2,1-5H3,(H,23,24)/t15-,19-/m0/s1. The zero-order valence-electron chi connectivity index (χ0n) is 16.5. The highest BCUT2D eigenvalue weighted by molar-refractivity contribution is 5.81. The van der Waals surface area contributed by atoms with Crippen molar-refractivity contribution in [1.82, 2.24) is 5.32 Å². The minimum absolute atomic E-state index is 0.147. The summed E-state index contributed by atoms with van der Waals surface area (Å²) in [5, 5.41) is 3.11. The van der Waals surface area contributed by atoms with E-state index in [2.05, 4.69) is 5.32 Å². The van der Waals surface area contributed by atoms with E-state index in [4.69, 9.17) is 14.2 Å². The highest BCUT2D eigenvalue weighted by Gasteiger charge is 2.35. The van der Waals surface area contributed by atoms with E-state index in [9.17, 15) is 4.79 Å². The average molecular weight is 369 g/mol. The van der Waals surface area contributed by atoms with Crippen molar-refractivity contribution in [1.29, 1.82) is 0 Å². The van der Waals surface area contributed by atoms with Crippen molar-refractivity contribution in [3.63, 3.8) is 0 Å². The highest BCUT2D eigenvalue weighted by Crippen LogP contribution is 2.41. The Morgan fingerprint density at radius 2 is 1.85 bits per heavy atom. The summed E-state index contributed by atoms with van der Waals surface area (Å²) in [7, 11) is 1.62. The first kappa shape index (κ1) is 19.1. The second-order valence-corrected chi connectivity index (χ2v) is 7.60. The van der Waals surface area contributed by atoms with Crippen LogP contribution in [0.1, 0.15) is 44.4 Å². The third kappa shape index (κ3) is 4.54. The molecule has 1 N–H and O–H groups in total. The Kier molecular flexibility index (Phi) is 5.31. The van der Waals surface area contributed by atoms with E-state index in [-0.39, 0.29) is 11.9 Å². The van der Waals surface area contributed by atoms with Gasteiger partial charge in [-0.2, -0.15) is 0 Å². The Hall–Kier alpha value is -2.69. The van der Waals surface area contributed by atoms with E-state index in [1.807, 2.05) is 63.2 Å². The van der Waals surface area contributed by atoms with Gasteiger partial charge in [0.2, 0.25) is 0 Å². The van der Waals surface area contributed by atoms with Crippen molar-refractivity contribution in [3.05, 3.63) is 53.6 Å². The molecule has 27 heavy (non-hydrogen) atoms. The number of nitrogens with one attached hydrogen (secondary N) is 1. The molecule has 0 unspecified atom stereocenters. The fraction of sp³-hybridized carbons (Fsp3) is 0.409. The molecular weight excluding hydrogens is 342 g/mol. The van der Waals surface area contributed by atoms with Gasteiger partial charge < -0.3 is 19.5 Å². The van der Waals surface area contributed by atoms with Crippen molar-refractivity contribution in [2.45, 2.75) is 51.9 Å². The zero-order chi connectivity index (χ0) is 19.6. The lowest BCUT2D eigenvalue weighted by Crippen LogP contribution is -2.44. The maximum absolute atomic E-state index is 12.7. The summed E-state index contributed by atoms with van der Waals surface area (Å²) < 4.78 is 17.2. The third-order valence-electron chi connectivity index (χ3n) is 4.70. The fourth-order valence-corrected chi connectivity index (χ4v) is 3.25. The molecule has 2 aromatic rings. The molecule has 1 aliphatic rings. The van der Waals surface area contributed by atoms with E-state index in [1.54, 1.807) is 14.0 Å². The lowest BCUT2D eigenvalue weighted by atomic mass is 9.89. The van der Waals surface area contributed by atoms with Gasteiger partial charge in [-0.1, -0.05) is 17.7 Å². The van der Waals surface area contributed by atoms with Gasteiger partial charge in [-0.05, 0) is 52.0 Å². The smallest absolute Gasteiger partial charge is 0.261 e. The van der Waals surface area contributed by atoms with Crippen LogP contribution in [0.15, 0.2) is 42.5 Å². The normalized spacial score (nSPS) is 18.6. The number of methoxy groups -OCH3 is 1. The topological polar surface area (TPSA) is 56.8 Å². The molecule has 2 atom stereocenters. The minimum atomic E-state index is -0.597. The highest BCUT2D eigenvalue weighted by atomic mass is 16.5. The van der Waals surface area contributed by atoms with Gasteiger partial charge >= 0.3 is 0 Å². The van der Waals surface area contributed by atoms with Gasteiger partial charge in [-0.15, -0.1) is 0 Å². The minimum Gasteiger partial charge on any atom is -0.497 e. The van der Waals surface area contributed by atoms with Gasteiger partial charge in [0, 0.05) is 18.1 Å². The van der Waals surface area contributed by atoms with Crippen LogP contribution in [0.4, 0.5) is 0 Å². The van der Waals surface area contributed by atoms with E-state index < -0.39 is 11.7 Å². The predicted molar refractivity (Wildman–Crippen MR) is 104 cm³/mol. The van der Waals surface area contributed by atoms with Crippen molar-refractivity contribution >= 4 is 5.91 Å². The maximum Gasteiger partial charge on any atom is 0.261 e. The number of aryl methyl sites for hydroxylation is 1. The molecule has 0 bridgehead atoms. The van der Waals surface area contributed by atoms with Crippen LogP contribution < -0.4 is 19.5 Å². The second kappa shape index (κ2) is 7.51. The van der Waals surface area contributed by atoms with Gasteiger partial charge in [-0.3, -0.25) is 4.79 Å². The molecule has 2 aromatic carbocycles. The molecule has 3 rings (SSSR count). The van der Waals surface area contributed by atoms with Crippen molar-refractivity contribution in [2.24, 2.45) is 0 Å². The van der Waals surface area contributed by atoms with Gasteiger partial charge in [0.1, 0.15) is 22.8 Å². The van der Waals surface area contributed by atoms with Crippen LogP contribution in [-0.2, 0) is 4.79 Å². The Labute approximate surface area is 160 Å². The van der Waals surface area contributed by atoms with Crippen LogP contribution >= 0.6 is 0 Å². The summed E-state index contributed by atoms with van der Waals surface area (Å²) in [5.74, 6) is 2.00. The van der Waals surface area contributed by atoms with Crippen LogP contribution in [0.25, 0.3) is 0 Å². The number of hydrogen-bond donors (Lipinski definition) is 1. The molecule has 144 valence electrons. The van der Waals surface area contributed by atoms with Gasteiger partial charge in [0.15, 0.2) is 6.10 Å². The van der Waals surface area contributed by atoms with Crippen LogP contribution in [0.3, 0.4) is 0 Å². The first-order chi connectivity index (χ1) is 12.8. The van der Waals surface area contributed by atoms with E-state index in [0.717, 1.165) is 22.6 Å². The number of fused-ring (bicyclic) bond motifs is 1. The molecule has 1 aliphatic heterocycles. The molecule has 0 aliphatic carbocycles. The Morgan fingerprint density at radius 3 is 2.52 bits per heavy atom. The molecule has 0 spiro atoms. The summed E-state index contributed by atoms with van der Waals surface area (Å²) in [4.78, 5) is 12.7. The summed E-state index contributed by atoms with van der Waals surface area (Å²) >= 11 is 0. The maximum atomic E-state index is 12.7.